The molecule has 1 N–H and O–H groups in total. The van der Waals surface area contributed by atoms with Crippen LogP contribution < -0.4 is 0 Å². The molecular formula is C19H21FN4O2. The Hall–Kier alpha value is -2.51. The van der Waals surface area contributed by atoms with Crippen LogP contribution in [0.25, 0.3) is 11.3 Å². The van der Waals surface area contributed by atoms with E-state index >= 15 is 0 Å². The lowest BCUT2D eigenvalue weighted by atomic mass is 9.92. The Morgan fingerprint density at radius 1 is 1.31 bits per heavy atom. The number of aryl methyl sites for hydroxylation is 1. The van der Waals surface area contributed by atoms with Crippen molar-refractivity contribution in [3.05, 3.63) is 60.1 Å². The molecule has 1 aromatic carbocycles. The van der Waals surface area contributed by atoms with Gasteiger partial charge in [0.25, 0.3) is 0 Å². The standard InChI is InChI=1S/C19H21FN4O2/c1-23-8-14(6-22-23)17-10-24(9-15(17)12-25)11-19-21-7-18(26-19)13-3-2-4-16(20)5-13/h2-8,15,17,25H,9-12H2,1H3/t15-,17-/m0/s1. The van der Waals surface area contributed by atoms with Crippen LogP contribution >= 0.6 is 0 Å². The van der Waals surface area contributed by atoms with E-state index in [9.17, 15) is 9.50 Å². The smallest absolute Gasteiger partial charge is 0.209 e. The minimum absolute atomic E-state index is 0.135. The molecule has 1 saturated heterocycles. The zero-order chi connectivity index (χ0) is 18.1. The number of benzene rings is 1. The van der Waals surface area contributed by atoms with Gasteiger partial charge in [-0.05, 0) is 17.7 Å². The molecule has 3 heterocycles. The highest BCUT2D eigenvalue weighted by Crippen LogP contribution is 2.33. The lowest BCUT2D eigenvalue weighted by Gasteiger charge is -2.13. The lowest BCUT2D eigenvalue weighted by Crippen LogP contribution is -2.21. The maximum Gasteiger partial charge on any atom is 0.209 e. The largest absolute Gasteiger partial charge is 0.439 e. The van der Waals surface area contributed by atoms with E-state index in [1.807, 2.05) is 19.4 Å². The number of hydrogen-bond donors (Lipinski definition) is 1. The molecule has 136 valence electrons. The summed E-state index contributed by atoms with van der Waals surface area (Å²) < 4.78 is 21.0. The van der Waals surface area contributed by atoms with Gasteiger partial charge in [0.2, 0.25) is 5.89 Å². The number of hydrogen-bond acceptors (Lipinski definition) is 5. The molecule has 3 aromatic rings. The fourth-order valence-electron chi connectivity index (χ4n) is 3.63. The zero-order valence-corrected chi connectivity index (χ0v) is 14.5. The molecule has 7 heteroatoms. The Labute approximate surface area is 150 Å². The Balaban J connectivity index is 1.46. The molecule has 1 aliphatic rings. The summed E-state index contributed by atoms with van der Waals surface area (Å²) in [6.07, 6.45) is 5.50. The van der Waals surface area contributed by atoms with E-state index in [1.54, 1.807) is 23.0 Å². The summed E-state index contributed by atoms with van der Waals surface area (Å²) in [5, 5.41) is 14.0. The van der Waals surface area contributed by atoms with Crippen molar-refractivity contribution in [1.29, 1.82) is 0 Å². The molecule has 6 nitrogen and oxygen atoms in total. The highest BCUT2D eigenvalue weighted by atomic mass is 19.1. The number of aromatic nitrogens is 3. The summed E-state index contributed by atoms with van der Waals surface area (Å²) in [6.45, 7) is 2.28. The SMILES string of the molecule is Cn1cc([C@@H]2CN(Cc3ncc(-c4cccc(F)c4)o3)C[C@H]2CO)cn1. The molecule has 0 saturated carbocycles. The van der Waals surface area contributed by atoms with Crippen molar-refractivity contribution >= 4 is 0 Å². The number of oxazole rings is 1. The maximum absolute atomic E-state index is 13.4. The first kappa shape index (κ1) is 16.9. The molecule has 0 aliphatic carbocycles. The minimum atomic E-state index is -0.301. The van der Waals surface area contributed by atoms with Crippen LogP contribution in [0.3, 0.4) is 0 Å². The van der Waals surface area contributed by atoms with Gasteiger partial charge in [0.15, 0.2) is 5.76 Å². The van der Waals surface area contributed by atoms with E-state index < -0.39 is 0 Å². The lowest BCUT2D eigenvalue weighted by molar-refractivity contribution is 0.210. The van der Waals surface area contributed by atoms with Crippen molar-refractivity contribution in [3.63, 3.8) is 0 Å². The molecular weight excluding hydrogens is 335 g/mol. The van der Waals surface area contributed by atoms with Crippen LogP contribution in [0.5, 0.6) is 0 Å². The average molecular weight is 356 g/mol. The van der Waals surface area contributed by atoms with E-state index in [0.717, 1.165) is 18.7 Å². The number of aliphatic hydroxyl groups excluding tert-OH is 1. The van der Waals surface area contributed by atoms with Gasteiger partial charge in [-0.2, -0.15) is 5.10 Å². The van der Waals surface area contributed by atoms with E-state index in [-0.39, 0.29) is 24.3 Å². The van der Waals surface area contributed by atoms with Crippen LogP contribution in [0.2, 0.25) is 0 Å². The molecule has 2 atom stereocenters. The fraction of sp³-hybridized carbons (Fsp3) is 0.368. The third kappa shape index (κ3) is 3.40. The van der Waals surface area contributed by atoms with Crippen LogP contribution in [-0.4, -0.2) is 44.5 Å². The summed E-state index contributed by atoms with van der Waals surface area (Å²) >= 11 is 0. The van der Waals surface area contributed by atoms with Crippen molar-refractivity contribution < 1.29 is 13.9 Å². The van der Waals surface area contributed by atoms with Gasteiger partial charge in [-0.3, -0.25) is 9.58 Å². The number of nitrogens with zero attached hydrogens (tertiary/aromatic N) is 4. The average Bonchev–Trinajstić information content (AvgIpc) is 3.35. The maximum atomic E-state index is 13.4. The van der Waals surface area contributed by atoms with E-state index in [1.165, 1.54) is 12.1 Å². The van der Waals surface area contributed by atoms with E-state index in [2.05, 4.69) is 15.0 Å². The molecule has 0 spiro atoms. The first-order chi connectivity index (χ1) is 12.6. The zero-order valence-electron chi connectivity index (χ0n) is 14.5. The molecule has 0 bridgehead atoms. The van der Waals surface area contributed by atoms with Crippen LogP contribution in [0, 0.1) is 11.7 Å². The van der Waals surface area contributed by atoms with Gasteiger partial charge in [0, 0.05) is 50.3 Å². The van der Waals surface area contributed by atoms with Gasteiger partial charge in [0.1, 0.15) is 5.82 Å². The van der Waals surface area contributed by atoms with Crippen molar-refractivity contribution in [1.82, 2.24) is 19.7 Å². The molecule has 1 aliphatic heterocycles. The predicted molar refractivity (Wildman–Crippen MR) is 93.7 cm³/mol. The summed E-state index contributed by atoms with van der Waals surface area (Å²) in [6, 6.07) is 6.28. The monoisotopic (exact) mass is 356 g/mol. The van der Waals surface area contributed by atoms with E-state index in [4.69, 9.17) is 4.42 Å². The van der Waals surface area contributed by atoms with E-state index in [0.29, 0.717) is 23.8 Å². The molecule has 26 heavy (non-hydrogen) atoms. The predicted octanol–water partition coefficient (Wildman–Crippen LogP) is 2.42. The van der Waals surface area contributed by atoms with Crippen molar-refractivity contribution in [2.24, 2.45) is 13.0 Å². The molecule has 0 unspecified atom stereocenters. The normalized spacial score (nSPS) is 20.7. The van der Waals surface area contributed by atoms with Crippen LogP contribution in [-0.2, 0) is 13.6 Å². The fourth-order valence-corrected chi connectivity index (χ4v) is 3.63. The Morgan fingerprint density at radius 3 is 2.92 bits per heavy atom. The summed E-state index contributed by atoms with van der Waals surface area (Å²) in [4.78, 5) is 6.55. The second kappa shape index (κ2) is 7.01. The van der Waals surface area contributed by atoms with Crippen LogP contribution in [0.4, 0.5) is 4.39 Å². The Bertz CT molecular complexity index is 891. The quantitative estimate of drug-likeness (QED) is 0.760. The molecule has 4 rings (SSSR count). The molecule has 2 aromatic heterocycles. The second-order valence-electron chi connectivity index (χ2n) is 6.82. The Morgan fingerprint density at radius 2 is 2.19 bits per heavy atom. The number of halogens is 1. The van der Waals surface area contributed by atoms with Crippen molar-refractivity contribution in [2.75, 3.05) is 19.7 Å². The second-order valence-corrected chi connectivity index (χ2v) is 6.82. The first-order valence-electron chi connectivity index (χ1n) is 8.65. The molecule has 0 amide bonds. The summed E-state index contributed by atoms with van der Waals surface area (Å²) in [5.41, 5.74) is 1.81. The molecule has 0 radical (unpaired) electrons. The van der Waals surface area contributed by atoms with Crippen molar-refractivity contribution in [2.45, 2.75) is 12.5 Å². The third-order valence-electron chi connectivity index (χ3n) is 4.93. The van der Waals surface area contributed by atoms with Gasteiger partial charge in [0.05, 0.1) is 18.9 Å². The van der Waals surface area contributed by atoms with Crippen LogP contribution in [0.1, 0.15) is 17.4 Å². The van der Waals surface area contributed by atoms with Gasteiger partial charge >= 0.3 is 0 Å². The number of likely N-dealkylation sites (tertiary alicyclic amines) is 1. The number of aliphatic hydroxyl groups is 1. The van der Waals surface area contributed by atoms with Crippen molar-refractivity contribution in [3.8, 4) is 11.3 Å². The molecule has 1 fully saturated rings. The third-order valence-corrected chi connectivity index (χ3v) is 4.93. The minimum Gasteiger partial charge on any atom is -0.439 e. The van der Waals surface area contributed by atoms with Gasteiger partial charge in [-0.1, -0.05) is 12.1 Å². The highest BCUT2D eigenvalue weighted by Gasteiger charge is 2.34. The highest BCUT2D eigenvalue weighted by molar-refractivity contribution is 5.56. The first-order valence-corrected chi connectivity index (χ1v) is 8.65. The van der Waals surface area contributed by atoms with Crippen LogP contribution in [0.15, 0.2) is 47.3 Å². The van der Waals surface area contributed by atoms with Gasteiger partial charge < -0.3 is 9.52 Å². The van der Waals surface area contributed by atoms with Gasteiger partial charge in [-0.25, -0.2) is 9.37 Å². The Kier molecular flexibility index (Phi) is 4.57. The summed E-state index contributed by atoms with van der Waals surface area (Å²) in [7, 11) is 1.89. The summed E-state index contributed by atoms with van der Waals surface area (Å²) in [5.74, 6) is 1.25. The topological polar surface area (TPSA) is 67.3 Å². The number of rotatable bonds is 5. The van der Waals surface area contributed by atoms with Gasteiger partial charge in [-0.15, -0.1) is 0 Å².